The predicted octanol–water partition coefficient (Wildman–Crippen LogP) is 5.43. The summed E-state index contributed by atoms with van der Waals surface area (Å²) in [4.78, 5) is 20.8. The van der Waals surface area contributed by atoms with Gasteiger partial charge in [0.05, 0.1) is 5.69 Å². The van der Waals surface area contributed by atoms with Crippen LogP contribution in [0.2, 0.25) is 0 Å². The Balaban J connectivity index is 1.75. The van der Waals surface area contributed by atoms with Gasteiger partial charge in [0.1, 0.15) is 12.1 Å². The topological polar surface area (TPSA) is 66.9 Å². The van der Waals surface area contributed by atoms with Gasteiger partial charge in [0, 0.05) is 28.4 Å². The molecule has 1 amide bonds. The van der Waals surface area contributed by atoms with E-state index < -0.39 is 5.41 Å². The van der Waals surface area contributed by atoms with E-state index in [1.807, 2.05) is 63.2 Å². The van der Waals surface area contributed by atoms with Crippen LogP contribution in [0.1, 0.15) is 33.3 Å². The van der Waals surface area contributed by atoms with Crippen LogP contribution in [0.3, 0.4) is 0 Å². The zero-order valence-electron chi connectivity index (χ0n) is 16.8. The molecule has 0 bridgehead atoms. The molecule has 0 fully saturated rings. The number of hydrogen-bond acceptors (Lipinski definition) is 4. The van der Waals surface area contributed by atoms with Crippen molar-refractivity contribution in [1.29, 1.82) is 0 Å². The van der Waals surface area contributed by atoms with E-state index in [0.29, 0.717) is 0 Å². The Kier molecular flexibility index (Phi) is 5.73. The minimum atomic E-state index is -0.428. The normalized spacial score (nSPS) is 11.1. The van der Waals surface area contributed by atoms with Gasteiger partial charge in [0.25, 0.3) is 0 Å². The molecule has 1 aromatic heterocycles. The van der Waals surface area contributed by atoms with E-state index >= 15 is 0 Å². The summed E-state index contributed by atoms with van der Waals surface area (Å²) in [7, 11) is 0. The molecule has 0 radical (unpaired) electrons. The summed E-state index contributed by atoms with van der Waals surface area (Å²) in [5, 5.41) is 6.22. The molecule has 0 aliphatic rings. The third-order valence-electron chi connectivity index (χ3n) is 4.44. The van der Waals surface area contributed by atoms with Gasteiger partial charge in [0.2, 0.25) is 5.91 Å². The third kappa shape index (κ3) is 4.74. The summed E-state index contributed by atoms with van der Waals surface area (Å²) in [6, 6.07) is 17.8. The Morgan fingerprint density at radius 3 is 2.32 bits per heavy atom. The molecule has 5 heteroatoms. The SMILES string of the molecule is CCc1ccccc1-c1cc(Nc2ccc(NC(=O)C(C)(C)C)cc2)ncn1. The summed E-state index contributed by atoms with van der Waals surface area (Å²) in [6.07, 6.45) is 2.52. The maximum Gasteiger partial charge on any atom is 0.229 e. The number of benzene rings is 2. The largest absolute Gasteiger partial charge is 0.340 e. The molecular weight excluding hydrogens is 348 g/mol. The predicted molar refractivity (Wildman–Crippen MR) is 115 cm³/mol. The van der Waals surface area contributed by atoms with Gasteiger partial charge in [-0.25, -0.2) is 9.97 Å². The fourth-order valence-corrected chi connectivity index (χ4v) is 2.75. The van der Waals surface area contributed by atoms with Crippen LogP contribution in [0, 0.1) is 5.41 Å². The number of amides is 1. The van der Waals surface area contributed by atoms with Gasteiger partial charge in [0.15, 0.2) is 0 Å². The second kappa shape index (κ2) is 8.21. The summed E-state index contributed by atoms with van der Waals surface area (Å²) in [6.45, 7) is 7.81. The molecule has 1 heterocycles. The molecule has 2 N–H and O–H groups in total. The van der Waals surface area contributed by atoms with Crippen LogP contribution in [0.5, 0.6) is 0 Å². The quantitative estimate of drug-likeness (QED) is 0.624. The summed E-state index contributed by atoms with van der Waals surface area (Å²) in [5.74, 6) is 0.714. The number of aryl methyl sites for hydroxylation is 1. The Labute approximate surface area is 166 Å². The fraction of sp³-hybridized carbons (Fsp3) is 0.261. The van der Waals surface area contributed by atoms with E-state index in [0.717, 1.165) is 34.9 Å². The number of aromatic nitrogens is 2. The summed E-state index contributed by atoms with van der Waals surface area (Å²) in [5.41, 5.74) is 4.50. The van der Waals surface area contributed by atoms with Crippen molar-refractivity contribution < 1.29 is 4.79 Å². The van der Waals surface area contributed by atoms with Crippen molar-refractivity contribution in [2.24, 2.45) is 5.41 Å². The molecule has 5 nitrogen and oxygen atoms in total. The number of rotatable bonds is 5. The Morgan fingerprint density at radius 1 is 0.964 bits per heavy atom. The van der Waals surface area contributed by atoms with Crippen LogP contribution in [-0.2, 0) is 11.2 Å². The number of carbonyl (C=O) groups excluding carboxylic acids is 1. The van der Waals surface area contributed by atoms with E-state index in [9.17, 15) is 4.79 Å². The van der Waals surface area contributed by atoms with Crippen molar-refractivity contribution in [3.8, 4) is 11.3 Å². The highest BCUT2D eigenvalue weighted by atomic mass is 16.2. The van der Waals surface area contributed by atoms with E-state index in [1.54, 1.807) is 6.33 Å². The van der Waals surface area contributed by atoms with Crippen LogP contribution in [0.4, 0.5) is 17.2 Å². The van der Waals surface area contributed by atoms with Crippen LogP contribution in [-0.4, -0.2) is 15.9 Å². The van der Waals surface area contributed by atoms with Crippen LogP contribution in [0.25, 0.3) is 11.3 Å². The smallest absolute Gasteiger partial charge is 0.229 e. The van der Waals surface area contributed by atoms with E-state index in [4.69, 9.17) is 0 Å². The van der Waals surface area contributed by atoms with Crippen molar-refractivity contribution >= 4 is 23.1 Å². The molecule has 0 saturated carbocycles. The Hall–Kier alpha value is -3.21. The average Bonchev–Trinajstić information content (AvgIpc) is 2.69. The van der Waals surface area contributed by atoms with Crippen LogP contribution < -0.4 is 10.6 Å². The highest BCUT2D eigenvalue weighted by Gasteiger charge is 2.21. The fourth-order valence-electron chi connectivity index (χ4n) is 2.75. The van der Waals surface area contributed by atoms with E-state index in [2.05, 4.69) is 39.7 Å². The lowest BCUT2D eigenvalue weighted by molar-refractivity contribution is -0.123. The molecular formula is C23H26N4O. The molecule has 2 aromatic carbocycles. The Bertz CT molecular complexity index is 959. The zero-order valence-corrected chi connectivity index (χ0v) is 16.8. The number of nitrogens with zero attached hydrogens (tertiary/aromatic N) is 2. The summed E-state index contributed by atoms with van der Waals surface area (Å²) < 4.78 is 0. The van der Waals surface area contributed by atoms with E-state index in [1.165, 1.54) is 5.56 Å². The maximum absolute atomic E-state index is 12.1. The minimum absolute atomic E-state index is 0.0109. The van der Waals surface area contributed by atoms with Crippen molar-refractivity contribution in [2.45, 2.75) is 34.1 Å². The molecule has 0 atom stereocenters. The van der Waals surface area contributed by atoms with Gasteiger partial charge >= 0.3 is 0 Å². The number of hydrogen-bond donors (Lipinski definition) is 2. The number of carbonyl (C=O) groups is 1. The first kappa shape index (κ1) is 19.5. The molecule has 0 saturated heterocycles. The van der Waals surface area contributed by atoms with Gasteiger partial charge in [-0.05, 0) is 36.2 Å². The Morgan fingerprint density at radius 2 is 1.64 bits per heavy atom. The molecule has 0 aliphatic heterocycles. The third-order valence-corrected chi connectivity index (χ3v) is 4.44. The maximum atomic E-state index is 12.1. The monoisotopic (exact) mass is 374 g/mol. The summed E-state index contributed by atoms with van der Waals surface area (Å²) >= 11 is 0. The lowest BCUT2D eigenvalue weighted by Gasteiger charge is -2.17. The first-order valence-corrected chi connectivity index (χ1v) is 9.45. The molecule has 3 rings (SSSR count). The average molecular weight is 374 g/mol. The number of anilines is 3. The first-order chi connectivity index (χ1) is 13.4. The second-order valence-electron chi connectivity index (χ2n) is 7.71. The van der Waals surface area contributed by atoms with Crippen molar-refractivity contribution in [3.63, 3.8) is 0 Å². The molecule has 28 heavy (non-hydrogen) atoms. The van der Waals surface area contributed by atoms with E-state index in [-0.39, 0.29) is 5.91 Å². The van der Waals surface area contributed by atoms with Gasteiger partial charge in [-0.15, -0.1) is 0 Å². The lowest BCUT2D eigenvalue weighted by Crippen LogP contribution is -2.27. The lowest BCUT2D eigenvalue weighted by atomic mass is 9.95. The highest BCUT2D eigenvalue weighted by Crippen LogP contribution is 2.25. The first-order valence-electron chi connectivity index (χ1n) is 9.45. The van der Waals surface area contributed by atoms with Crippen molar-refractivity contribution in [3.05, 3.63) is 66.5 Å². The number of nitrogens with one attached hydrogen (secondary N) is 2. The zero-order chi connectivity index (χ0) is 20.1. The molecule has 3 aromatic rings. The van der Waals surface area contributed by atoms with Crippen LogP contribution in [0.15, 0.2) is 60.9 Å². The van der Waals surface area contributed by atoms with Crippen molar-refractivity contribution in [1.82, 2.24) is 9.97 Å². The van der Waals surface area contributed by atoms with Gasteiger partial charge in [-0.3, -0.25) is 4.79 Å². The molecule has 0 unspecified atom stereocenters. The van der Waals surface area contributed by atoms with Gasteiger partial charge < -0.3 is 10.6 Å². The highest BCUT2D eigenvalue weighted by molar-refractivity contribution is 5.94. The molecule has 144 valence electrons. The standard InChI is InChI=1S/C23H26N4O/c1-5-16-8-6-7-9-19(16)20-14-21(25-15-24-20)26-17-10-12-18(13-11-17)27-22(28)23(2,3)4/h6-15H,5H2,1-4H3,(H,27,28)(H,24,25,26). The van der Waals surface area contributed by atoms with Gasteiger partial charge in [-0.1, -0.05) is 52.0 Å². The van der Waals surface area contributed by atoms with Crippen LogP contribution >= 0.6 is 0 Å². The second-order valence-corrected chi connectivity index (χ2v) is 7.71. The molecule has 0 spiro atoms. The van der Waals surface area contributed by atoms with Crippen molar-refractivity contribution in [2.75, 3.05) is 10.6 Å². The molecule has 0 aliphatic carbocycles. The minimum Gasteiger partial charge on any atom is -0.340 e. The van der Waals surface area contributed by atoms with Gasteiger partial charge in [-0.2, -0.15) is 0 Å².